The maximum Gasteiger partial charge on any atom is 0.0521 e. The van der Waals surface area contributed by atoms with Crippen molar-refractivity contribution in [2.75, 3.05) is 6.54 Å². The summed E-state index contributed by atoms with van der Waals surface area (Å²) in [6.45, 7) is 3.52. The fourth-order valence-electron chi connectivity index (χ4n) is 2.88. The van der Waals surface area contributed by atoms with Crippen LogP contribution in [0, 0.1) is 0 Å². The summed E-state index contributed by atoms with van der Waals surface area (Å²) >= 11 is 0. The highest BCUT2D eigenvalue weighted by Crippen LogP contribution is 2.27. The molecule has 0 amide bonds. The normalized spacial score (nSPS) is 25.8. The van der Waals surface area contributed by atoms with Crippen molar-refractivity contribution in [2.24, 2.45) is 7.05 Å². The predicted octanol–water partition coefficient (Wildman–Crippen LogP) is 2.67. The van der Waals surface area contributed by atoms with Gasteiger partial charge in [0.1, 0.15) is 0 Å². The quantitative estimate of drug-likeness (QED) is 0.869. The zero-order chi connectivity index (χ0) is 12.1. The maximum atomic E-state index is 4.24. The Balaban J connectivity index is 1.93. The van der Waals surface area contributed by atoms with E-state index >= 15 is 0 Å². The fraction of sp³-hybridized carbons (Fsp3) is 0.786. The van der Waals surface area contributed by atoms with Gasteiger partial charge in [-0.15, -0.1) is 0 Å². The third-order valence-corrected chi connectivity index (χ3v) is 4.16. The van der Waals surface area contributed by atoms with Gasteiger partial charge in [-0.3, -0.25) is 4.68 Å². The first kappa shape index (κ1) is 12.6. The lowest BCUT2D eigenvalue weighted by atomic mass is 9.85. The standard InChI is InChI=1S/C14H25N3/c1-3-14(8-5-4-6-10-15-14)9-7-13-11-16-17(2)12-13/h11-12,15H,3-10H2,1-2H3. The molecular formula is C14H25N3. The minimum Gasteiger partial charge on any atom is -0.311 e. The molecule has 1 aromatic heterocycles. The molecule has 0 spiro atoms. The van der Waals surface area contributed by atoms with Crippen LogP contribution in [0.2, 0.25) is 0 Å². The SMILES string of the molecule is CCC1(CCc2cnn(C)c2)CCCCCN1. The summed E-state index contributed by atoms with van der Waals surface area (Å²) in [7, 11) is 1.99. The molecule has 17 heavy (non-hydrogen) atoms. The molecule has 96 valence electrons. The van der Waals surface area contributed by atoms with E-state index in [1.807, 2.05) is 17.9 Å². The maximum absolute atomic E-state index is 4.24. The van der Waals surface area contributed by atoms with Gasteiger partial charge >= 0.3 is 0 Å². The molecule has 1 aliphatic rings. The van der Waals surface area contributed by atoms with E-state index in [-0.39, 0.29) is 0 Å². The van der Waals surface area contributed by atoms with Crippen LogP contribution in [0.1, 0.15) is 51.0 Å². The van der Waals surface area contributed by atoms with E-state index in [2.05, 4.69) is 23.5 Å². The minimum absolute atomic E-state index is 0.381. The van der Waals surface area contributed by atoms with E-state index < -0.39 is 0 Å². The lowest BCUT2D eigenvalue weighted by Gasteiger charge is -2.33. The second-order valence-electron chi connectivity index (χ2n) is 5.39. The van der Waals surface area contributed by atoms with E-state index in [0.29, 0.717) is 5.54 Å². The van der Waals surface area contributed by atoms with Crippen molar-refractivity contribution in [3.8, 4) is 0 Å². The van der Waals surface area contributed by atoms with E-state index in [0.717, 1.165) is 6.42 Å². The lowest BCUT2D eigenvalue weighted by Crippen LogP contribution is -2.44. The Morgan fingerprint density at radius 1 is 1.41 bits per heavy atom. The van der Waals surface area contributed by atoms with Crippen molar-refractivity contribution in [3.05, 3.63) is 18.0 Å². The van der Waals surface area contributed by atoms with Crippen molar-refractivity contribution in [2.45, 2.75) is 57.4 Å². The second kappa shape index (κ2) is 5.67. The van der Waals surface area contributed by atoms with Crippen LogP contribution < -0.4 is 5.32 Å². The van der Waals surface area contributed by atoms with Gasteiger partial charge in [-0.25, -0.2) is 0 Å². The zero-order valence-electron chi connectivity index (χ0n) is 11.2. The average molecular weight is 235 g/mol. The number of aromatic nitrogens is 2. The smallest absolute Gasteiger partial charge is 0.0521 e. The summed E-state index contributed by atoms with van der Waals surface area (Å²) in [5.74, 6) is 0. The molecule has 1 aliphatic heterocycles. The summed E-state index contributed by atoms with van der Waals surface area (Å²) < 4.78 is 1.90. The van der Waals surface area contributed by atoms with Crippen molar-refractivity contribution >= 4 is 0 Å². The molecule has 0 bridgehead atoms. The molecule has 1 N–H and O–H groups in total. The van der Waals surface area contributed by atoms with Gasteiger partial charge in [0.2, 0.25) is 0 Å². The first-order valence-corrected chi connectivity index (χ1v) is 6.97. The average Bonchev–Trinajstić information content (AvgIpc) is 2.63. The Hall–Kier alpha value is -0.830. The van der Waals surface area contributed by atoms with Crippen LogP contribution in [0.4, 0.5) is 0 Å². The van der Waals surface area contributed by atoms with Crippen molar-refractivity contribution in [1.29, 1.82) is 0 Å². The highest BCUT2D eigenvalue weighted by Gasteiger charge is 2.28. The van der Waals surface area contributed by atoms with E-state index in [4.69, 9.17) is 0 Å². The molecular weight excluding hydrogens is 210 g/mol. The Bertz CT molecular complexity index is 335. The van der Waals surface area contributed by atoms with E-state index in [1.165, 1.54) is 50.6 Å². The largest absolute Gasteiger partial charge is 0.311 e. The van der Waals surface area contributed by atoms with Crippen molar-refractivity contribution < 1.29 is 0 Å². The molecule has 2 rings (SSSR count). The zero-order valence-corrected chi connectivity index (χ0v) is 11.2. The monoisotopic (exact) mass is 235 g/mol. The number of hydrogen-bond acceptors (Lipinski definition) is 2. The fourth-order valence-corrected chi connectivity index (χ4v) is 2.88. The number of rotatable bonds is 4. The van der Waals surface area contributed by atoms with Gasteiger partial charge in [-0.1, -0.05) is 19.8 Å². The summed E-state index contributed by atoms with van der Waals surface area (Å²) in [4.78, 5) is 0. The molecule has 1 unspecified atom stereocenters. The first-order chi connectivity index (χ1) is 8.24. The Labute approximate surface area is 105 Å². The number of hydrogen-bond donors (Lipinski definition) is 1. The summed E-state index contributed by atoms with van der Waals surface area (Å²) in [5.41, 5.74) is 1.75. The van der Waals surface area contributed by atoms with Crippen LogP contribution in [-0.4, -0.2) is 21.9 Å². The van der Waals surface area contributed by atoms with E-state index in [9.17, 15) is 0 Å². The molecule has 1 saturated heterocycles. The van der Waals surface area contributed by atoms with Crippen LogP contribution in [0.5, 0.6) is 0 Å². The number of nitrogens with zero attached hydrogens (tertiary/aromatic N) is 2. The van der Waals surface area contributed by atoms with Gasteiger partial charge < -0.3 is 5.32 Å². The molecule has 2 heterocycles. The summed E-state index contributed by atoms with van der Waals surface area (Å²) in [6.07, 6.45) is 13.2. The van der Waals surface area contributed by atoms with Crippen LogP contribution in [-0.2, 0) is 13.5 Å². The molecule has 0 saturated carbocycles. The van der Waals surface area contributed by atoms with E-state index in [1.54, 1.807) is 0 Å². The van der Waals surface area contributed by atoms with Gasteiger partial charge in [0.25, 0.3) is 0 Å². The van der Waals surface area contributed by atoms with Gasteiger partial charge in [-0.05, 0) is 44.2 Å². The Morgan fingerprint density at radius 3 is 3.00 bits per heavy atom. The Kier molecular flexibility index (Phi) is 4.21. The summed E-state index contributed by atoms with van der Waals surface area (Å²) in [6, 6.07) is 0. The van der Waals surface area contributed by atoms with Gasteiger partial charge in [0.15, 0.2) is 0 Å². The highest BCUT2D eigenvalue weighted by molar-refractivity contribution is 5.05. The third kappa shape index (κ3) is 3.32. The van der Waals surface area contributed by atoms with Crippen LogP contribution in [0.25, 0.3) is 0 Å². The molecule has 0 aliphatic carbocycles. The molecule has 0 aromatic carbocycles. The molecule has 3 nitrogen and oxygen atoms in total. The predicted molar refractivity (Wildman–Crippen MR) is 71.0 cm³/mol. The first-order valence-electron chi connectivity index (χ1n) is 6.97. The third-order valence-electron chi connectivity index (χ3n) is 4.16. The molecule has 0 radical (unpaired) electrons. The second-order valence-corrected chi connectivity index (χ2v) is 5.39. The van der Waals surface area contributed by atoms with Crippen LogP contribution in [0.3, 0.4) is 0 Å². The van der Waals surface area contributed by atoms with Gasteiger partial charge in [-0.2, -0.15) is 5.10 Å². The highest BCUT2D eigenvalue weighted by atomic mass is 15.2. The molecule has 3 heteroatoms. The molecule has 1 aromatic rings. The van der Waals surface area contributed by atoms with Crippen molar-refractivity contribution in [3.63, 3.8) is 0 Å². The summed E-state index contributed by atoms with van der Waals surface area (Å²) in [5, 5.41) is 8.04. The number of nitrogens with one attached hydrogen (secondary N) is 1. The van der Waals surface area contributed by atoms with Crippen LogP contribution >= 0.6 is 0 Å². The van der Waals surface area contributed by atoms with Crippen LogP contribution in [0.15, 0.2) is 12.4 Å². The lowest BCUT2D eigenvalue weighted by molar-refractivity contribution is 0.283. The minimum atomic E-state index is 0.381. The topological polar surface area (TPSA) is 29.9 Å². The van der Waals surface area contributed by atoms with Gasteiger partial charge in [0.05, 0.1) is 6.20 Å². The van der Waals surface area contributed by atoms with Gasteiger partial charge in [0, 0.05) is 18.8 Å². The number of aryl methyl sites for hydroxylation is 2. The molecule has 1 atom stereocenters. The molecule has 1 fully saturated rings. The van der Waals surface area contributed by atoms with Crippen molar-refractivity contribution in [1.82, 2.24) is 15.1 Å². The Morgan fingerprint density at radius 2 is 2.29 bits per heavy atom.